The molecule has 1 saturated carbocycles. The van der Waals surface area contributed by atoms with Crippen LogP contribution in [0.2, 0.25) is 0 Å². The van der Waals surface area contributed by atoms with Crippen LogP contribution in [-0.4, -0.2) is 48.0 Å². The van der Waals surface area contributed by atoms with E-state index in [2.05, 4.69) is 4.90 Å². The van der Waals surface area contributed by atoms with Crippen molar-refractivity contribution in [1.82, 2.24) is 4.90 Å². The lowest BCUT2D eigenvalue weighted by Crippen LogP contribution is -2.39. The molecule has 4 heteroatoms. The van der Waals surface area contributed by atoms with E-state index in [0.29, 0.717) is 26.0 Å². The van der Waals surface area contributed by atoms with Crippen molar-refractivity contribution in [2.75, 3.05) is 26.2 Å². The van der Waals surface area contributed by atoms with E-state index in [-0.39, 0.29) is 5.92 Å². The first-order valence-electron chi connectivity index (χ1n) is 8.91. The third-order valence-corrected chi connectivity index (χ3v) is 5.29. The van der Waals surface area contributed by atoms with Gasteiger partial charge in [-0.05, 0) is 43.7 Å². The first kappa shape index (κ1) is 16.7. The van der Waals surface area contributed by atoms with Gasteiger partial charge in [0.15, 0.2) is 0 Å². The number of ether oxygens (including phenoxy) is 1. The van der Waals surface area contributed by atoms with Crippen molar-refractivity contribution in [3.8, 4) is 5.75 Å². The molecule has 3 unspecified atom stereocenters. The predicted molar refractivity (Wildman–Crippen MR) is 89.4 cm³/mol. The first-order valence-corrected chi connectivity index (χ1v) is 8.91. The molecule has 2 aliphatic rings. The molecule has 1 aromatic rings. The van der Waals surface area contributed by atoms with Crippen molar-refractivity contribution in [2.45, 2.75) is 50.3 Å². The number of rotatable bonds is 6. The summed E-state index contributed by atoms with van der Waals surface area (Å²) >= 11 is 0. The van der Waals surface area contributed by atoms with Crippen molar-refractivity contribution >= 4 is 0 Å². The maximum atomic E-state index is 14.0. The third kappa shape index (κ3) is 4.67. The molecule has 1 heterocycles. The average molecular weight is 321 g/mol. The summed E-state index contributed by atoms with van der Waals surface area (Å²) in [5, 5.41) is 10.8. The van der Waals surface area contributed by atoms with E-state index in [4.69, 9.17) is 4.74 Å². The van der Waals surface area contributed by atoms with Gasteiger partial charge < -0.3 is 9.84 Å². The monoisotopic (exact) mass is 321 g/mol. The Hall–Kier alpha value is -1.13. The lowest BCUT2D eigenvalue weighted by atomic mass is 9.79. The molecule has 0 radical (unpaired) electrons. The molecule has 1 saturated heterocycles. The molecule has 0 bridgehead atoms. The molecule has 0 amide bonds. The van der Waals surface area contributed by atoms with Crippen LogP contribution in [-0.2, 0) is 0 Å². The van der Waals surface area contributed by atoms with Gasteiger partial charge in [-0.1, -0.05) is 31.0 Å². The number of halogens is 1. The summed E-state index contributed by atoms with van der Waals surface area (Å²) in [6, 6.07) is 9.79. The zero-order chi connectivity index (χ0) is 16.1. The molecule has 0 spiro atoms. The molecular formula is C19H28FNO2. The molecule has 1 aliphatic carbocycles. The summed E-state index contributed by atoms with van der Waals surface area (Å²) in [7, 11) is 0. The fourth-order valence-electron chi connectivity index (χ4n) is 3.99. The number of benzene rings is 1. The summed E-state index contributed by atoms with van der Waals surface area (Å²) in [6.45, 7) is 2.95. The van der Waals surface area contributed by atoms with Gasteiger partial charge in [-0.2, -0.15) is 0 Å². The van der Waals surface area contributed by atoms with Crippen LogP contribution >= 0.6 is 0 Å². The summed E-state index contributed by atoms with van der Waals surface area (Å²) in [5.41, 5.74) is -0.709. The molecule has 1 aliphatic heterocycles. The van der Waals surface area contributed by atoms with E-state index in [0.717, 1.165) is 44.5 Å². The van der Waals surface area contributed by atoms with Gasteiger partial charge in [-0.25, -0.2) is 4.39 Å². The van der Waals surface area contributed by atoms with Crippen LogP contribution in [0.5, 0.6) is 5.75 Å². The topological polar surface area (TPSA) is 32.7 Å². The zero-order valence-electron chi connectivity index (χ0n) is 13.8. The van der Waals surface area contributed by atoms with E-state index in [9.17, 15) is 9.50 Å². The standard InChI is InChI=1S/C19H28FNO2/c20-18-9-5-4-6-16(18)14-19(22)10-11-21(15-19)12-13-23-17-7-2-1-3-8-17/h1-3,7-8,16,18,22H,4-6,9-15H2. The molecule has 23 heavy (non-hydrogen) atoms. The molecule has 1 aromatic carbocycles. The highest BCUT2D eigenvalue weighted by Crippen LogP contribution is 2.36. The number of likely N-dealkylation sites (tertiary alicyclic amines) is 1. The maximum Gasteiger partial charge on any atom is 0.119 e. The summed E-state index contributed by atoms with van der Waals surface area (Å²) in [4.78, 5) is 2.24. The largest absolute Gasteiger partial charge is 0.492 e. The molecule has 3 nitrogen and oxygen atoms in total. The highest BCUT2D eigenvalue weighted by Gasteiger charge is 2.40. The lowest BCUT2D eigenvalue weighted by Gasteiger charge is -2.32. The minimum absolute atomic E-state index is 0.0502. The normalized spacial score (nSPS) is 32.1. The number of nitrogens with zero attached hydrogens (tertiary/aromatic N) is 1. The summed E-state index contributed by atoms with van der Waals surface area (Å²) in [5.74, 6) is 0.929. The van der Waals surface area contributed by atoms with Crippen molar-refractivity contribution in [2.24, 2.45) is 5.92 Å². The zero-order valence-corrected chi connectivity index (χ0v) is 13.8. The van der Waals surface area contributed by atoms with Crippen LogP contribution in [0, 0.1) is 5.92 Å². The lowest BCUT2D eigenvalue weighted by molar-refractivity contribution is 0.000935. The van der Waals surface area contributed by atoms with E-state index in [1.807, 2.05) is 30.3 Å². The molecule has 128 valence electrons. The SMILES string of the molecule is OC1(CC2CCCCC2F)CCN(CCOc2ccccc2)C1. The third-order valence-electron chi connectivity index (χ3n) is 5.29. The van der Waals surface area contributed by atoms with Gasteiger partial charge in [0.05, 0.1) is 5.60 Å². The highest BCUT2D eigenvalue weighted by atomic mass is 19.1. The fourth-order valence-corrected chi connectivity index (χ4v) is 3.99. The van der Waals surface area contributed by atoms with E-state index in [1.165, 1.54) is 0 Å². The average Bonchev–Trinajstić information content (AvgIpc) is 2.92. The Balaban J connectivity index is 1.42. The Morgan fingerprint density at radius 3 is 2.78 bits per heavy atom. The second-order valence-electron chi connectivity index (χ2n) is 7.18. The van der Waals surface area contributed by atoms with Crippen LogP contribution < -0.4 is 4.74 Å². The summed E-state index contributed by atoms with van der Waals surface area (Å²) < 4.78 is 19.7. The molecular weight excluding hydrogens is 293 g/mol. The van der Waals surface area contributed by atoms with Gasteiger partial charge in [-0.15, -0.1) is 0 Å². The van der Waals surface area contributed by atoms with Gasteiger partial charge in [0.2, 0.25) is 0 Å². The Labute approximate surface area is 138 Å². The van der Waals surface area contributed by atoms with Crippen LogP contribution in [0.4, 0.5) is 4.39 Å². The van der Waals surface area contributed by atoms with Crippen LogP contribution in [0.1, 0.15) is 38.5 Å². The van der Waals surface area contributed by atoms with Gasteiger partial charge >= 0.3 is 0 Å². The number of hydrogen-bond acceptors (Lipinski definition) is 3. The minimum Gasteiger partial charge on any atom is -0.492 e. The van der Waals surface area contributed by atoms with Crippen LogP contribution in [0.3, 0.4) is 0 Å². The summed E-state index contributed by atoms with van der Waals surface area (Å²) in [6.07, 6.45) is 4.36. The van der Waals surface area contributed by atoms with Crippen molar-refractivity contribution in [3.63, 3.8) is 0 Å². The van der Waals surface area contributed by atoms with Crippen molar-refractivity contribution < 1.29 is 14.2 Å². The number of β-amino-alcohol motifs (C(OH)–C–C–N with tert-alkyl or cyclic N) is 1. The smallest absolute Gasteiger partial charge is 0.119 e. The Bertz CT molecular complexity index is 484. The second kappa shape index (κ2) is 7.63. The number of alkyl halides is 1. The quantitative estimate of drug-likeness (QED) is 0.871. The molecule has 2 fully saturated rings. The van der Waals surface area contributed by atoms with Crippen LogP contribution in [0.25, 0.3) is 0 Å². The molecule has 3 rings (SSSR count). The molecule has 0 aromatic heterocycles. The van der Waals surface area contributed by atoms with E-state index in [1.54, 1.807) is 0 Å². The van der Waals surface area contributed by atoms with E-state index < -0.39 is 11.8 Å². The first-order chi connectivity index (χ1) is 11.1. The number of hydrogen-bond donors (Lipinski definition) is 1. The van der Waals surface area contributed by atoms with Gasteiger partial charge in [0.25, 0.3) is 0 Å². The Morgan fingerprint density at radius 1 is 1.22 bits per heavy atom. The van der Waals surface area contributed by atoms with E-state index >= 15 is 0 Å². The van der Waals surface area contributed by atoms with Gasteiger partial charge in [-0.3, -0.25) is 4.90 Å². The molecule has 3 atom stereocenters. The maximum absolute atomic E-state index is 14.0. The predicted octanol–water partition coefficient (Wildman–Crippen LogP) is 3.42. The van der Waals surface area contributed by atoms with Crippen LogP contribution in [0.15, 0.2) is 30.3 Å². The highest BCUT2D eigenvalue weighted by molar-refractivity contribution is 5.20. The minimum atomic E-state index is -0.719. The number of aliphatic hydroxyl groups is 1. The van der Waals surface area contributed by atoms with Gasteiger partial charge in [0, 0.05) is 19.6 Å². The van der Waals surface area contributed by atoms with Crippen molar-refractivity contribution in [1.29, 1.82) is 0 Å². The Morgan fingerprint density at radius 2 is 2.00 bits per heavy atom. The van der Waals surface area contributed by atoms with Crippen molar-refractivity contribution in [3.05, 3.63) is 30.3 Å². The van der Waals surface area contributed by atoms with Gasteiger partial charge in [0.1, 0.15) is 18.5 Å². The second-order valence-corrected chi connectivity index (χ2v) is 7.18. The Kier molecular flexibility index (Phi) is 5.54. The fraction of sp³-hybridized carbons (Fsp3) is 0.684. The molecule has 1 N–H and O–H groups in total. The number of para-hydroxylation sites is 1.